The summed E-state index contributed by atoms with van der Waals surface area (Å²) < 4.78 is 26.3. The molecule has 110 valence electrons. The lowest BCUT2D eigenvalue weighted by Gasteiger charge is -2.15. The van der Waals surface area contributed by atoms with Crippen LogP contribution < -0.4 is 4.72 Å². The smallest absolute Gasteiger partial charge is 0.241 e. The summed E-state index contributed by atoms with van der Waals surface area (Å²) in [5.41, 5.74) is 0.310. The number of amides is 1. The second kappa shape index (κ2) is 6.62. The van der Waals surface area contributed by atoms with Crippen LogP contribution in [0.15, 0.2) is 29.2 Å². The van der Waals surface area contributed by atoms with Crippen molar-refractivity contribution in [2.24, 2.45) is 0 Å². The third kappa shape index (κ3) is 4.14. The molecule has 0 aliphatic heterocycles. The zero-order valence-electron chi connectivity index (χ0n) is 11.7. The topological polar surface area (TPSA) is 83.6 Å². The summed E-state index contributed by atoms with van der Waals surface area (Å²) in [5, 5.41) is 0. The highest BCUT2D eigenvalue weighted by molar-refractivity contribution is 7.89. The first-order valence-electron chi connectivity index (χ1n) is 6.12. The van der Waals surface area contributed by atoms with E-state index in [-0.39, 0.29) is 23.1 Å². The van der Waals surface area contributed by atoms with E-state index in [9.17, 15) is 18.0 Å². The van der Waals surface area contributed by atoms with Crippen LogP contribution in [-0.2, 0) is 14.8 Å². The molecule has 0 fully saturated rings. The van der Waals surface area contributed by atoms with Crippen molar-refractivity contribution in [3.8, 4) is 0 Å². The number of nitrogens with zero attached hydrogens (tertiary/aromatic N) is 1. The Morgan fingerprint density at radius 2 is 1.95 bits per heavy atom. The number of Topliss-reactive ketones (excluding diaryl/α,β-unsaturated/α-hetero) is 1. The minimum Gasteiger partial charge on any atom is -0.345 e. The van der Waals surface area contributed by atoms with Crippen molar-refractivity contribution < 1.29 is 18.0 Å². The molecule has 0 aliphatic carbocycles. The second-order valence-electron chi connectivity index (χ2n) is 4.32. The average Bonchev–Trinajstić information content (AvgIpc) is 2.44. The zero-order valence-corrected chi connectivity index (χ0v) is 12.5. The molecule has 1 aromatic carbocycles. The van der Waals surface area contributed by atoms with Gasteiger partial charge in [0.1, 0.15) is 0 Å². The van der Waals surface area contributed by atoms with Crippen molar-refractivity contribution in [3.63, 3.8) is 0 Å². The summed E-state index contributed by atoms with van der Waals surface area (Å²) >= 11 is 0. The number of sulfonamides is 1. The zero-order chi connectivity index (χ0) is 15.3. The Balaban J connectivity index is 2.87. The van der Waals surface area contributed by atoms with E-state index in [0.29, 0.717) is 12.1 Å². The van der Waals surface area contributed by atoms with Gasteiger partial charge in [-0.3, -0.25) is 9.59 Å². The molecule has 0 unspecified atom stereocenters. The lowest BCUT2D eigenvalue weighted by molar-refractivity contribution is -0.128. The molecule has 0 atom stereocenters. The molecule has 1 N–H and O–H groups in total. The molecule has 6 nitrogen and oxygen atoms in total. The second-order valence-corrected chi connectivity index (χ2v) is 6.08. The van der Waals surface area contributed by atoms with E-state index in [2.05, 4.69) is 4.72 Å². The number of benzene rings is 1. The van der Waals surface area contributed by atoms with Gasteiger partial charge in [0.25, 0.3) is 0 Å². The minimum atomic E-state index is -3.80. The number of hydrogen-bond donors (Lipinski definition) is 1. The van der Waals surface area contributed by atoms with Crippen molar-refractivity contribution in [3.05, 3.63) is 29.8 Å². The van der Waals surface area contributed by atoms with Crippen LogP contribution in [0.3, 0.4) is 0 Å². The highest BCUT2D eigenvalue weighted by atomic mass is 32.2. The van der Waals surface area contributed by atoms with Crippen LogP contribution in [0.2, 0.25) is 0 Å². The Hall–Kier alpha value is -1.73. The Morgan fingerprint density at radius 3 is 2.50 bits per heavy atom. The summed E-state index contributed by atoms with van der Waals surface area (Å²) in [5.74, 6) is -0.539. The maximum Gasteiger partial charge on any atom is 0.241 e. The molecule has 0 aliphatic rings. The van der Waals surface area contributed by atoms with Crippen molar-refractivity contribution >= 4 is 21.7 Å². The van der Waals surface area contributed by atoms with E-state index >= 15 is 0 Å². The predicted molar refractivity (Wildman–Crippen MR) is 74.9 cm³/mol. The van der Waals surface area contributed by atoms with Gasteiger partial charge < -0.3 is 4.90 Å². The van der Waals surface area contributed by atoms with Gasteiger partial charge in [-0.1, -0.05) is 12.1 Å². The fourth-order valence-electron chi connectivity index (χ4n) is 1.43. The van der Waals surface area contributed by atoms with E-state index in [4.69, 9.17) is 0 Å². The van der Waals surface area contributed by atoms with Gasteiger partial charge in [0, 0.05) is 19.2 Å². The molecule has 0 saturated carbocycles. The average molecular weight is 298 g/mol. The van der Waals surface area contributed by atoms with E-state index in [1.165, 1.54) is 36.1 Å². The predicted octanol–water partition coefficient (Wildman–Crippen LogP) is 0.646. The third-order valence-corrected chi connectivity index (χ3v) is 4.26. The molecule has 0 aromatic heterocycles. The molecule has 20 heavy (non-hydrogen) atoms. The standard InChI is InChI=1S/C13H18N2O4S/c1-4-15(3)13(17)9-14-20(18,19)12-7-5-6-11(8-12)10(2)16/h5-8,14H,4,9H2,1-3H3. The third-order valence-electron chi connectivity index (χ3n) is 2.86. The molecule has 1 amide bonds. The monoisotopic (exact) mass is 298 g/mol. The summed E-state index contributed by atoms with van der Waals surface area (Å²) in [6.45, 7) is 3.35. The molecular formula is C13H18N2O4S. The van der Waals surface area contributed by atoms with Gasteiger partial charge in [-0.15, -0.1) is 0 Å². The van der Waals surface area contributed by atoms with Crippen LogP contribution in [0.4, 0.5) is 0 Å². The highest BCUT2D eigenvalue weighted by Gasteiger charge is 2.17. The highest BCUT2D eigenvalue weighted by Crippen LogP contribution is 2.11. The summed E-state index contributed by atoms with van der Waals surface area (Å²) in [6.07, 6.45) is 0. The maximum absolute atomic E-state index is 12.0. The molecule has 1 rings (SSSR count). The number of likely N-dealkylation sites (N-methyl/N-ethyl adjacent to an activating group) is 1. The van der Waals surface area contributed by atoms with Gasteiger partial charge in [0.05, 0.1) is 11.4 Å². The maximum atomic E-state index is 12.0. The summed E-state index contributed by atoms with van der Waals surface area (Å²) in [4.78, 5) is 24.2. The summed E-state index contributed by atoms with van der Waals surface area (Å²) in [6, 6.07) is 5.70. The van der Waals surface area contributed by atoms with Gasteiger partial charge in [-0.05, 0) is 26.0 Å². The van der Waals surface area contributed by atoms with Crippen LogP contribution >= 0.6 is 0 Å². The Bertz CT molecular complexity index is 611. The van der Waals surface area contributed by atoms with Gasteiger partial charge in [-0.25, -0.2) is 13.1 Å². The number of nitrogens with one attached hydrogen (secondary N) is 1. The fourth-order valence-corrected chi connectivity index (χ4v) is 2.45. The SMILES string of the molecule is CCN(C)C(=O)CNS(=O)(=O)c1cccc(C(C)=O)c1. The molecular weight excluding hydrogens is 280 g/mol. The van der Waals surface area contributed by atoms with Crippen molar-refractivity contribution in [2.75, 3.05) is 20.1 Å². The molecule has 7 heteroatoms. The van der Waals surface area contributed by atoms with Crippen LogP contribution in [-0.4, -0.2) is 45.1 Å². The van der Waals surface area contributed by atoms with E-state index in [1.54, 1.807) is 14.0 Å². The number of ketones is 1. The largest absolute Gasteiger partial charge is 0.345 e. The van der Waals surface area contributed by atoms with Gasteiger partial charge in [0.2, 0.25) is 15.9 Å². The molecule has 0 heterocycles. The van der Waals surface area contributed by atoms with Crippen LogP contribution in [0.5, 0.6) is 0 Å². The van der Waals surface area contributed by atoms with Gasteiger partial charge >= 0.3 is 0 Å². The normalized spacial score (nSPS) is 11.2. The number of carbonyl (C=O) groups excluding carboxylic acids is 2. The molecule has 0 saturated heterocycles. The Morgan fingerprint density at radius 1 is 1.30 bits per heavy atom. The van der Waals surface area contributed by atoms with E-state index < -0.39 is 10.0 Å². The molecule has 0 spiro atoms. The Kier molecular flexibility index (Phi) is 5.41. The van der Waals surface area contributed by atoms with Crippen LogP contribution in [0.25, 0.3) is 0 Å². The van der Waals surface area contributed by atoms with E-state index in [0.717, 1.165) is 0 Å². The fraction of sp³-hybridized carbons (Fsp3) is 0.385. The first-order valence-corrected chi connectivity index (χ1v) is 7.61. The first kappa shape index (κ1) is 16.3. The number of carbonyl (C=O) groups is 2. The van der Waals surface area contributed by atoms with Crippen molar-refractivity contribution in [1.29, 1.82) is 0 Å². The van der Waals surface area contributed by atoms with Gasteiger partial charge in [-0.2, -0.15) is 0 Å². The van der Waals surface area contributed by atoms with Crippen LogP contribution in [0.1, 0.15) is 24.2 Å². The lowest BCUT2D eigenvalue weighted by Crippen LogP contribution is -2.37. The Labute approximate surface area is 118 Å². The summed E-state index contributed by atoms with van der Waals surface area (Å²) in [7, 11) is -2.21. The minimum absolute atomic E-state index is 0.0304. The van der Waals surface area contributed by atoms with Crippen LogP contribution in [0, 0.1) is 0 Å². The molecule has 0 radical (unpaired) electrons. The first-order chi connectivity index (χ1) is 9.27. The quantitative estimate of drug-likeness (QED) is 0.781. The number of hydrogen-bond acceptors (Lipinski definition) is 4. The molecule has 1 aromatic rings. The number of rotatable bonds is 6. The van der Waals surface area contributed by atoms with Crippen molar-refractivity contribution in [2.45, 2.75) is 18.7 Å². The molecule has 0 bridgehead atoms. The van der Waals surface area contributed by atoms with Gasteiger partial charge in [0.15, 0.2) is 5.78 Å². The van der Waals surface area contributed by atoms with Crippen molar-refractivity contribution in [1.82, 2.24) is 9.62 Å². The van der Waals surface area contributed by atoms with E-state index in [1.807, 2.05) is 0 Å². The lowest BCUT2D eigenvalue weighted by atomic mass is 10.2.